The van der Waals surface area contributed by atoms with Crippen molar-refractivity contribution in [2.24, 2.45) is 0 Å². The quantitative estimate of drug-likeness (QED) is 0.561. The Morgan fingerprint density at radius 3 is 2.81 bits per heavy atom. The number of nitrogens with zero attached hydrogens (tertiary/aromatic N) is 1. The van der Waals surface area contributed by atoms with E-state index in [4.69, 9.17) is 0 Å². The number of carbonyl (C=O) groups excluding carboxylic acids is 1. The first-order valence-electron chi connectivity index (χ1n) is 6.06. The minimum Gasteiger partial charge on any atom is -0.388 e. The molecule has 2 aliphatic heterocycles. The molecule has 16 heavy (non-hydrogen) atoms. The van der Waals surface area contributed by atoms with Crippen LogP contribution >= 0.6 is 0 Å². The van der Waals surface area contributed by atoms with E-state index in [0.29, 0.717) is 13.1 Å². The highest BCUT2D eigenvalue weighted by atomic mass is 16.3. The van der Waals surface area contributed by atoms with Gasteiger partial charge in [0.05, 0.1) is 11.6 Å². The van der Waals surface area contributed by atoms with Crippen LogP contribution in [-0.2, 0) is 4.79 Å². The lowest BCUT2D eigenvalue weighted by atomic mass is 9.91. The predicted octanol–water partition coefficient (Wildman–Crippen LogP) is -1.08. The molecule has 2 fully saturated rings. The van der Waals surface area contributed by atoms with E-state index in [1.807, 2.05) is 6.92 Å². The fraction of sp³-hybridized carbons (Fsp3) is 0.909. The molecular weight excluding hydrogens is 206 g/mol. The van der Waals surface area contributed by atoms with Crippen molar-refractivity contribution in [1.29, 1.82) is 0 Å². The van der Waals surface area contributed by atoms with Gasteiger partial charge in [-0.2, -0.15) is 0 Å². The second kappa shape index (κ2) is 4.69. The molecule has 0 aromatic carbocycles. The number of aliphatic hydroxyl groups is 1. The van der Waals surface area contributed by atoms with Crippen LogP contribution in [0.25, 0.3) is 0 Å². The van der Waals surface area contributed by atoms with Crippen molar-refractivity contribution in [2.45, 2.75) is 31.4 Å². The van der Waals surface area contributed by atoms with Gasteiger partial charge in [0.1, 0.15) is 0 Å². The van der Waals surface area contributed by atoms with E-state index < -0.39 is 5.60 Å². The average molecular weight is 227 g/mol. The number of piperazine rings is 1. The third-order valence-electron chi connectivity index (χ3n) is 3.66. The van der Waals surface area contributed by atoms with Crippen LogP contribution in [-0.4, -0.2) is 60.3 Å². The molecule has 2 saturated heterocycles. The van der Waals surface area contributed by atoms with E-state index in [1.54, 1.807) is 0 Å². The Bertz CT molecular complexity index is 264. The SMILES string of the molecule is CC1C(=O)NCCN1CC1(O)CCNCC1. The van der Waals surface area contributed by atoms with Crippen LogP contribution < -0.4 is 10.6 Å². The lowest BCUT2D eigenvalue weighted by Gasteiger charge is -2.41. The third kappa shape index (κ3) is 2.53. The molecule has 1 atom stereocenters. The molecule has 5 heteroatoms. The number of rotatable bonds is 2. The molecule has 2 rings (SSSR count). The Balaban J connectivity index is 1.94. The molecule has 0 aliphatic carbocycles. The first kappa shape index (κ1) is 11.8. The lowest BCUT2D eigenvalue weighted by molar-refractivity contribution is -0.130. The summed E-state index contributed by atoms with van der Waals surface area (Å²) < 4.78 is 0. The molecule has 0 saturated carbocycles. The first-order valence-corrected chi connectivity index (χ1v) is 6.06. The van der Waals surface area contributed by atoms with Crippen molar-refractivity contribution >= 4 is 5.91 Å². The van der Waals surface area contributed by atoms with E-state index in [1.165, 1.54) is 0 Å². The fourth-order valence-electron chi connectivity index (χ4n) is 2.47. The van der Waals surface area contributed by atoms with Gasteiger partial charge in [-0.3, -0.25) is 9.69 Å². The number of piperidine rings is 1. The van der Waals surface area contributed by atoms with Gasteiger partial charge in [-0.05, 0) is 32.9 Å². The largest absolute Gasteiger partial charge is 0.388 e. The number of hydrogen-bond acceptors (Lipinski definition) is 4. The van der Waals surface area contributed by atoms with Crippen molar-refractivity contribution in [1.82, 2.24) is 15.5 Å². The van der Waals surface area contributed by atoms with Gasteiger partial charge in [-0.1, -0.05) is 0 Å². The van der Waals surface area contributed by atoms with E-state index in [9.17, 15) is 9.90 Å². The maximum atomic E-state index is 11.5. The van der Waals surface area contributed by atoms with E-state index in [-0.39, 0.29) is 11.9 Å². The van der Waals surface area contributed by atoms with Crippen LogP contribution in [0.15, 0.2) is 0 Å². The highest BCUT2D eigenvalue weighted by Gasteiger charge is 2.35. The maximum absolute atomic E-state index is 11.5. The topological polar surface area (TPSA) is 64.6 Å². The van der Waals surface area contributed by atoms with Gasteiger partial charge in [0, 0.05) is 19.6 Å². The van der Waals surface area contributed by atoms with Crippen LogP contribution in [0.3, 0.4) is 0 Å². The molecule has 92 valence electrons. The zero-order chi connectivity index (χ0) is 11.6. The maximum Gasteiger partial charge on any atom is 0.237 e. The van der Waals surface area contributed by atoms with Crippen LogP contribution in [0.1, 0.15) is 19.8 Å². The van der Waals surface area contributed by atoms with Crippen molar-refractivity contribution in [3.8, 4) is 0 Å². The summed E-state index contributed by atoms with van der Waals surface area (Å²) in [7, 11) is 0. The van der Waals surface area contributed by atoms with E-state index >= 15 is 0 Å². The Morgan fingerprint density at radius 2 is 2.12 bits per heavy atom. The van der Waals surface area contributed by atoms with Crippen molar-refractivity contribution in [2.75, 3.05) is 32.7 Å². The Hall–Kier alpha value is -0.650. The number of amides is 1. The molecule has 0 bridgehead atoms. The highest BCUT2D eigenvalue weighted by molar-refractivity contribution is 5.81. The van der Waals surface area contributed by atoms with Gasteiger partial charge < -0.3 is 15.7 Å². The van der Waals surface area contributed by atoms with E-state index in [0.717, 1.165) is 32.5 Å². The molecule has 0 aromatic rings. The van der Waals surface area contributed by atoms with Gasteiger partial charge >= 0.3 is 0 Å². The van der Waals surface area contributed by atoms with Crippen molar-refractivity contribution in [3.05, 3.63) is 0 Å². The summed E-state index contributed by atoms with van der Waals surface area (Å²) in [5.74, 6) is 0.0729. The van der Waals surface area contributed by atoms with Crippen LogP contribution in [0.4, 0.5) is 0 Å². The summed E-state index contributed by atoms with van der Waals surface area (Å²) in [6.07, 6.45) is 1.55. The molecule has 1 amide bonds. The fourth-order valence-corrected chi connectivity index (χ4v) is 2.47. The minimum absolute atomic E-state index is 0.0729. The molecule has 0 radical (unpaired) electrons. The zero-order valence-electron chi connectivity index (χ0n) is 9.83. The molecule has 1 unspecified atom stereocenters. The molecule has 5 nitrogen and oxygen atoms in total. The predicted molar refractivity (Wildman–Crippen MR) is 61.1 cm³/mol. The zero-order valence-corrected chi connectivity index (χ0v) is 9.83. The molecule has 2 heterocycles. The summed E-state index contributed by atoms with van der Waals surface area (Å²) in [5.41, 5.74) is -0.614. The average Bonchev–Trinajstić information content (AvgIpc) is 2.26. The summed E-state index contributed by atoms with van der Waals surface area (Å²) >= 11 is 0. The summed E-state index contributed by atoms with van der Waals surface area (Å²) in [5, 5.41) is 16.5. The Labute approximate surface area is 96.2 Å². The summed E-state index contributed by atoms with van der Waals surface area (Å²) in [6, 6.07) is -0.118. The second-order valence-corrected chi connectivity index (χ2v) is 4.91. The Kier molecular flexibility index (Phi) is 3.47. The summed E-state index contributed by atoms with van der Waals surface area (Å²) in [4.78, 5) is 13.6. The monoisotopic (exact) mass is 227 g/mol. The highest BCUT2D eigenvalue weighted by Crippen LogP contribution is 2.21. The number of carbonyl (C=O) groups is 1. The lowest BCUT2D eigenvalue weighted by Crippen LogP contribution is -2.59. The minimum atomic E-state index is -0.614. The van der Waals surface area contributed by atoms with E-state index in [2.05, 4.69) is 15.5 Å². The molecule has 0 spiro atoms. The molecule has 0 aromatic heterocycles. The smallest absolute Gasteiger partial charge is 0.237 e. The molecular formula is C11H21N3O2. The van der Waals surface area contributed by atoms with Crippen LogP contribution in [0.5, 0.6) is 0 Å². The number of nitrogens with one attached hydrogen (secondary N) is 2. The van der Waals surface area contributed by atoms with Crippen LogP contribution in [0.2, 0.25) is 0 Å². The van der Waals surface area contributed by atoms with Crippen molar-refractivity contribution < 1.29 is 9.90 Å². The standard InChI is InChI=1S/C11H21N3O2/c1-9-10(15)13-6-7-14(9)8-11(16)2-4-12-5-3-11/h9,12,16H,2-8H2,1H3,(H,13,15). The molecule has 3 N–H and O–H groups in total. The summed E-state index contributed by atoms with van der Waals surface area (Å²) in [6.45, 7) is 5.78. The number of β-amino-alcohol motifs (C(OH)–C–C–N with tert-alkyl or cyclic N) is 1. The first-order chi connectivity index (χ1) is 7.61. The van der Waals surface area contributed by atoms with Gasteiger partial charge in [-0.25, -0.2) is 0 Å². The Morgan fingerprint density at radius 1 is 1.44 bits per heavy atom. The van der Waals surface area contributed by atoms with Crippen LogP contribution in [0, 0.1) is 0 Å². The third-order valence-corrected chi connectivity index (χ3v) is 3.66. The molecule has 2 aliphatic rings. The second-order valence-electron chi connectivity index (χ2n) is 4.91. The van der Waals surface area contributed by atoms with Gasteiger partial charge in [-0.15, -0.1) is 0 Å². The normalized spacial score (nSPS) is 31.1. The van der Waals surface area contributed by atoms with Crippen molar-refractivity contribution in [3.63, 3.8) is 0 Å². The number of hydrogen-bond donors (Lipinski definition) is 3. The van der Waals surface area contributed by atoms with Gasteiger partial charge in [0.2, 0.25) is 5.91 Å². The van der Waals surface area contributed by atoms with Gasteiger partial charge in [0.25, 0.3) is 0 Å². The van der Waals surface area contributed by atoms with Gasteiger partial charge in [0.15, 0.2) is 0 Å².